The van der Waals surface area contributed by atoms with E-state index in [0.29, 0.717) is 6.42 Å². The summed E-state index contributed by atoms with van der Waals surface area (Å²) in [5.41, 5.74) is 13.6. The Morgan fingerprint density at radius 3 is 2.12 bits per heavy atom. The molecule has 1 aromatic rings. The van der Waals surface area contributed by atoms with Crippen molar-refractivity contribution in [1.29, 1.82) is 0 Å². The molecule has 7 heteroatoms. The van der Waals surface area contributed by atoms with Gasteiger partial charge in [0.15, 0.2) is 0 Å². The maximum Gasteiger partial charge on any atom is 0.501 e. The smallest absolute Gasteiger partial charge is 0.395 e. The van der Waals surface area contributed by atoms with E-state index in [2.05, 4.69) is 8.37 Å². The van der Waals surface area contributed by atoms with Gasteiger partial charge in [0.2, 0.25) is 11.5 Å². The van der Waals surface area contributed by atoms with Crippen molar-refractivity contribution in [3.8, 4) is 11.5 Å². The molecule has 0 fully saturated rings. The van der Waals surface area contributed by atoms with Gasteiger partial charge in [-0.15, -0.1) is 8.42 Å². The van der Waals surface area contributed by atoms with Crippen molar-refractivity contribution in [1.82, 2.24) is 0 Å². The van der Waals surface area contributed by atoms with Gasteiger partial charge in [-0.3, -0.25) is 0 Å². The lowest BCUT2D eigenvalue weighted by atomic mass is 10.0. The fourth-order valence-electron chi connectivity index (χ4n) is 1.76. The highest BCUT2D eigenvalue weighted by Crippen LogP contribution is 2.48. The molecule has 0 spiro atoms. The van der Waals surface area contributed by atoms with Gasteiger partial charge in [0.25, 0.3) is 0 Å². The second kappa shape index (κ2) is 3.18. The van der Waals surface area contributed by atoms with Crippen LogP contribution in [0.25, 0.3) is 0 Å². The minimum Gasteiger partial charge on any atom is -0.395 e. The summed E-state index contributed by atoms with van der Waals surface area (Å²) in [6, 6.07) is 0. The molecule has 0 aromatic heterocycles. The SMILES string of the molecule is CCc1c(C)c(N)c2c(c1N)OS(=O)(=O)O2. The predicted molar refractivity (Wildman–Crippen MR) is 59.6 cm³/mol. The fourth-order valence-corrected chi connectivity index (χ4v) is 2.53. The van der Waals surface area contributed by atoms with E-state index in [1.807, 2.05) is 6.92 Å². The Morgan fingerprint density at radius 1 is 1.12 bits per heavy atom. The number of hydrogen-bond acceptors (Lipinski definition) is 6. The first-order valence-corrected chi connectivity index (χ1v) is 6.05. The second-order valence-corrected chi connectivity index (χ2v) is 4.67. The second-order valence-electron chi connectivity index (χ2n) is 3.52. The van der Waals surface area contributed by atoms with Crippen LogP contribution in [0.5, 0.6) is 11.5 Å². The van der Waals surface area contributed by atoms with Crippen molar-refractivity contribution in [2.24, 2.45) is 0 Å². The lowest BCUT2D eigenvalue weighted by molar-refractivity contribution is 0.437. The average Bonchev–Trinajstić information content (AvgIpc) is 2.52. The van der Waals surface area contributed by atoms with Crippen LogP contribution in [0.2, 0.25) is 0 Å². The van der Waals surface area contributed by atoms with Gasteiger partial charge in [-0.25, -0.2) is 0 Å². The van der Waals surface area contributed by atoms with Crippen molar-refractivity contribution in [2.45, 2.75) is 20.3 Å². The summed E-state index contributed by atoms with van der Waals surface area (Å²) in [7, 11) is -4.05. The first kappa shape index (κ1) is 10.9. The molecular formula is C9H12N2O4S. The summed E-state index contributed by atoms with van der Waals surface area (Å²) in [4.78, 5) is 0. The standard InChI is InChI=1S/C9H12N2O4S/c1-3-5-4(2)6(10)8-9(7(5)11)15-16(12,13)14-8/h3,10-11H2,1-2H3. The largest absolute Gasteiger partial charge is 0.501 e. The monoisotopic (exact) mass is 244 g/mol. The maximum absolute atomic E-state index is 11.1. The summed E-state index contributed by atoms with van der Waals surface area (Å²) in [5, 5.41) is 0. The molecule has 0 bridgehead atoms. The molecule has 6 nitrogen and oxygen atoms in total. The van der Waals surface area contributed by atoms with Crippen LogP contribution < -0.4 is 19.8 Å². The Kier molecular flexibility index (Phi) is 2.16. The number of nitrogen functional groups attached to an aromatic ring is 2. The van der Waals surface area contributed by atoms with Crippen LogP contribution in [0.4, 0.5) is 11.4 Å². The van der Waals surface area contributed by atoms with Crippen LogP contribution in [0, 0.1) is 6.92 Å². The molecule has 4 N–H and O–H groups in total. The number of benzene rings is 1. The van der Waals surface area contributed by atoms with E-state index in [0.717, 1.165) is 11.1 Å². The Bertz CT molecular complexity index is 566. The number of rotatable bonds is 1. The molecule has 1 aliphatic heterocycles. The molecule has 0 saturated carbocycles. The molecule has 88 valence electrons. The Balaban J connectivity index is 2.78. The summed E-state index contributed by atoms with van der Waals surface area (Å²) in [5.74, 6) is -0.00727. The van der Waals surface area contributed by atoms with Crippen LogP contribution in [-0.2, 0) is 16.8 Å². The quantitative estimate of drug-likeness (QED) is 0.706. The summed E-state index contributed by atoms with van der Waals surface area (Å²) < 4.78 is 31.6. The molecule has 0 saturated heterocycles. The maximum atomic E-state index is 11.1. The molecule has 0 atom stereocenters. The highest BCUT2D eigenvalue weighted by molar-refractivity contribution is 7.82. The minimum atomic E-state index is -4.05. The number of fused-ring (bicyclic) bond motifs is 1. The highest BCUT2D eigenvalue weighted by Gasteiger charge is 2.34. The zero-order valence-corrected chi connectivity index (χ0v) is 9.72. The van der Waals surface area contributed by atoms with Crippen LogP contribution >= 0.6 is 0 Å². The van der Waals surface area contributed by atoms with Gasteiger partial charge in [-0.1, -0.05) is 6.92 Å². The molecule has 0 amide bonds. The van der Waals surface area contributed by atoms with Crippen LogP contribution in [0.3, 0.4) is 0 Å². The molecule has 1 aromatic carbocycles. The van der Waals surface area contributed by atoms with Crippen molar-refractivity contribution >= 4 is 21.8 Å². The lowest BCUT2D eigenvalue weighted by Gasteiger charge is -2.11. The van der Waals surface area contributed by atoms with Gasteiger partial charge in [0.05, 0.1) is 11.4 Å². The van der Waals surface area contributed by atoms with Crippen molar-refractivity contribution in [2.75, 3.05) is 11.5 Å². The van der Waals surface area contributed by atoms with Crippen molar-refractivity contribution < 1.29 is 16.8 Å². The van der Waals surface area contributed by atoms with Gasteiger partial charge < -0.3 is 19.8 Å². The summed E-state index contributed by atoms with van der Waals surface area (Å²) in [6.45, 7) is 3.66. The van der Waals surface area contributed by atoms with Gasteiger partial charge in [-0.05, 0) is 24.5 Å². The van der Waals surface area contributed by atoms with Crippen LogP contribution in [-0.4, -0.2) is 8.42 Å². The Labute approximate surface area is 93.5 Å². The fraction of sp³-hybridized carbons (Fsp3) is 0.333. The van der Waals surface area contributed by atoms with Gasteiger partial charge in [-0.2, -0.15) is 0 Å². The number of anilines is 2. The van der Waals surface area contributed by atoms with Gasteiger partial charge in [0.1, 0.15) is 0 Å². The first-order chi connectivity index (χ1) is 7.37. The minimum absolute atomic E-state index is 0.0000463. The van der Waals surface area contributed by atoms with E-state index in [-0.39, 0.29) is 22.9 Å². The van der Waals surface area contributed by atoms with E-state index in [1.54, 1.807) is 6.92 Å². The molecule has 2 rings (SSSR count). The van der Waals surface area contributed by atoms with E-state index < -0.39 is 10.4 Å². The van der Waals surface area contributed by atoms with Crippen LogP contribution in [0.15, 0.2) is 0 Å². The Morgan fingerprint density at radius 2 is 1.62 bits per heavy atom. The summed E-state index contributed by atoms with van der Waals surface area (Å²) in [6.07, 6.45) is 0.637. The number of nitrogens with two attached hydrogens (primary N) is 2. The molecule has 0 unspecified atom stereocenters. The topological polar surface area (TPSA) is 105 Å². The van der Waals surface area contributed by atoms with Crippen LogP contribution in [0.1, 0.15) is 18.1 Å². The normalized spacial score (nSPS) is 16.4. The third-order valence-electron chi connectivity index (χ3n) is 2.60. The molecule has 16 heavy (non-hydrogen) atoms. The summed E-state index contributed by atoms with van der Waals surface area (Å²) >= 11 is 0. The number of hydrogen-bond donors (Lipinski definition) is 2. The predicted octanol–water partition coefficient (Wildman–Crippen LogP) is 0.738. The van der Waals surface area contributed by atoms with E-state index >= 15 is 0 Å². The van der Waals surface area contributed by atoms with Gasteiger partial charge in [0, 0.05) is 0 Å². The first-order valence-electron chi connectivity index (χ1n) is 4.71. The molecular weight excluding hydrogens is 232 g/mol. The lowest BCUT2D eigenvalue weighted by Crippen LogP contribution is -2.08. The van der Waals surface area contributed by atoms with Crippen molar-refractivity contribution in [3.05, 3.63) is 11.1 Å². The van der Waals surface area contributed by atoms with Crippen molar-refractivity contribution in [3.63, 3.8) is 0 Å². The molecule has 1 aliphatic rings. The Hall–Kier alpha value is -1.63. The average molecular weight is 244 g/mol. The van der Waals surface area contributed by atoms with E-state index in [4.69, 9.17) is 11.5 Å². The van der Waals surface area contributed by atoms with E-state index in [1.165, 1.54) is 0 Å². The molecule has 0 radical (unpaired) electrons. The van der Waals surface area contributed by atoms with Gasteiger partial charge >= 0.3 is 10.4 Å². The van der Waals surface area contributed by atoms with E-state index in [9.17, 15) is 8.42 Å². The third kappa shape index (κ3) is 1.35. The zero-order valence-electron chi connectivity index (χ0n) is 8.90. The zero-order chi connectivity index (χ0) is 12.1. The molecule has 1 heterocycles. The highest BCUT2D eigenvalue weighted by atomic mass is 32.3. The molecule has 0 aliphatic carbocycles. The third-order valence-corrected chi connectivity index (χ3v) is 3.34.